The van der Waals surface area contributed by atoms with Gasteiger partial charge in [-0.2, -0.15) is 26.3 Å². The Hall–Kier alpha value is -5.78. The molecule has 0 unspecified atom stereocenters. The summed E-state index contributed by atoms with van der Waals surface area (Å²) in [6.45, 7) is -0.0192. The van der Waals surface area contributed by atoms with Crippen molar-refractivity contribution in [3.05, 3.63) is 143 Å². The first-order valence-corrected chi connectivity index (χ1v) is 18.1. The van der Waals surface area contributed by atoms with E-state index in [1.165, 1.54) is 60.2 Å². The average molecular weight is 778 g/mol. The molecule has 0 aliphatic carbocycles. The molecule has 5 rings (SSSR count). The van der Waals surface area contributed by atoms with Gasteiger partial charge in [0, 0.05) is 23.2 Å². The number of halogens is 6. The molecular weight excluding hydrogens is 736 g/mol. The van der Waals surface area contributed by atoms with E-state index < -0.39 is 41.1 Å². The number of phenols is 1. The maximum atomic E-state index is 13.9. The molecule has 2 N–H and O–H groups in total. The predicted octanol–water partition coefficient (Wildman–Crippen LogP) is 11.4. The fourth-order valence-corrected chi connectivity index (χ4v) is 6.29. The molecule has 56 heavy (non-hydrogen) atoms. The van der Waals surface area contributed by atoms with Crippen LogP contribution in [0, 0.1) is 0 Å². The van der Waals surface area contributed by atoms with Crippen molar-refractivity contribution in [2.45, 2.75) is 63.9 Å². The van der Waals surface area contributed by atoms with Crippen LogP contribution in [0.4, 0.5) is 26.3 Å². The van der Waals surface area contributed by atoms with Crippen molar-refractivity contribution in [2.24, 2.45) is 0 Å². The standard InChI is InChI=1S/C44H41F6NO5/c1-55-42(54)36-21-20-30(23-39(36)52)28-56-40-37(31-16-11-18-34(24-31)43(45,46)47)26-33(27-38(40)32-17-12-19-35(25-32)44(48,49)50)41(53)51-22-10-5-3-2-4-7-13-29-14-8-6-9-15-29/h6,8-9,11-12,14-21,23-27,52H,2-5,7,10,13,22,28H2,1H3,(H,51,53). The molecule has 1 amide bonds. The number of benzene rings is 5. The summed E-state index contributed by atoms with van der Waals surface area (Å²) in [6, 6.07) is 25.5. The summed E-state index contributed by atoms with van der Waals surface area (Å²) in [4.78, 5) is 25.6. The SMILES string of the molecule is COC(=O)c1ccc(COc2c(-c3cccc(C(F)(F)F)c3)cc(C(=O)NCCCCCCCCc3ccccc3)cc2-c2cccc(C(F)(F)F)c2)cc1O. The summed E-state index contributed by atoms with van der Waals surface area (Å²) in [5.41, 5.74) is -0.461. The van der Waals surface area contributed by atoms with Crippen LogP contribution in [0.15, 0.2) is 109 Å². The molecule has 0 aromatic heterocycles. The quantitative estimate of drug-likeness (QED) is 0.0592. The summed E-state index contributed by atoms with van der Waals surface area (Å²) < 4.78 is 94.3. The highest BCUT2D eigenvalue weighted by atomic mass is 19.4. The Morgan fingerprint density at radius 1 is 0.643 bits per heavy atom. The molecule has 0 spiro atoms. The average Bonchev–Trinajstić information content (AvgIpc) is 3.18. The number of aryl methyl sites for hydroxylation is 1. The number of methoxy groups -OCH3 is 1. The summed E-state index contributed by atoms with van der Waals surface area (Å²) in [7, 11) is 1.14. The number of alkyl halides is 6. The van der Waals surface area contributed by atoms with Crippen LogP contribution >= 0.6 is 0 Å². The van der Waals surface area contributed by atoms with Crippen LogP contribution in [-0.2, 0) is 30.1 Å². The molecule has 0 heterocycles. The maximum absolute atomic E-state index is 13.9. The number of hydrogen-bond acceptors (Lipinski definition) is 5. The predicted molar refractivity (Wildman–Crippen MR) is 201 cm³/mol. The van der Waals surface area contributed by atoms with Gasteiger partial charge >= 0.3 is 18.3 Å². The third-order valence-electron chi connectivity index (χ3n) is 9.22. The van der Waals surface area contributed by atoms with Crippen molar-refractivity contribution in [1.29, 1.82) is 0 Å². The van der Waals surface area contributed by atoms with Gasteiger partial charge in [0.1, 0.15) is 23.7 Å². The van der Waals surface area contributed by atoms with Crippen LogP contribution in [0.3, 0.4) is 0 Å². The molecular formula is C44H41F6NO5. The van der Waals surface area contributed by atoms with E-state index in [2.05, 4.69) is 22.2 Å². The molecule has 0 atom stereocenters. The van der Waals surface area contributed by atoms with Gasteiger partial charge in [0.15, 0.2) is 0 Å². The summed E-state index contributed by atoms with van der Waals surface area (Å²) in [6.07, 6.45) is -2.74. The first kappa shape index (κ1) is 41.4. The lowest BCUT2D eigenvalue weighted by molar-refractivity contribution is -0.138. The number of carbonyl (C=O) groups is 2. The number of esters is 1. The Kier molecular flexibility index (Phi) is 13.8. The van der Waals surface area contributed by atoms with Crippen LogP contribution in [-0.4, -0.2) is 30.6 Å². The molecule has 0 fully saturated rings. The number of hydrogen-bond donors (Lipinski definition) is 2. The molecule has 294 valence electrons. The maximum Gasteiger partial charge on any atom is 0.416 e. The Balaban J connectivity index is 1.44. The smallest absolute Gasteiger partial charge is 0.416 e. The molecule has 6 nitrogen and oxygen atoms in total. The van der Waals surface area contributed by atoms with Gasteiger partial charge in [-0.3, -0.25) is 4.79 Å². The van der Waals surface area contributed by atoms with Gasteiger partial charge in [-0.05, 0) is 90.0 Å². The number of nitrogens with one attached hydrogen (secondary N) is 1. The van der Waals surface area contributed by atoms with E-state index in [0.717, 1.165) is 69.9 Å². The molecule has 12 heteroatoms. The minimum absolute atomic E-state index is 0.00170. The Morgan fingerprint density at radius 2 is 1.21 bits per heavy atom. The van der Waals surface area contributed by atoms with Crippen molar-refractivity contribution in [2.75, 3.05) is 13.7 Å². The lowest BCUT2D eigenvalue weighted by Crippen LogP contribution is -2.24. The fourth-order valence-electron chi connectivity index (χ4n) is 6.29. The second-order valence-corrected chi connectivity index (χ2v) is 13.3. The Morgan fingerprint density at radius 3 is 1.77 bits per heavy atom. The number of ether oxygens (including phenoxy) is 2. The van der Waals surface area contributed by atoms with E-state index >= 15 is 0 Å². The molecule has 5 aromatic rings. The van der Waals surface area contributed by atoms with Gasteiger partial charge in [0.2, 0.25) is 0 Å². The van der Waals surface area contributed by atoms with Crippen LogP contribution < -0.4 is 10.1 Å². The van der Waals surface area contributed by atoms with E-state index in [1.807, 2.05) is 18.2 Å². The van der Waals surface area contributed by atoms with E-state index in [0.29, 0.717) is 18.5 Å². The first-order valence-electron chi connectivity index (χ1n) is 18.1. The van der Waals surface area contributed by atoms with Gasteiger partial charge in [-0.1, -0.05) is 86.3 Å². The molecule has 0 bridgehead atoms. The van der Waals surface area contributed by atoms with Crippen LogP contribution in [0.2, 0.25) is 0 Å². The Bertz CT molecular complexity index is 2040. The minimum atomic E-state index is -4.73. The zero-order valence-corrected chi connectivity index (χ0v) is 30.6. The highest BCUT2D eigenvalue weighted by molar-refractivity contribution is 5.99. The monoisotopic (exact) mass is 777 g/mol. The second-order valence-electron chi connectivity index (χ2n) is 13.3. The van der Waals surface area contributed by atoms with Crippen molar-refractivity contribution < 1.29 is 50.5 Å². The van der Waals surface area contributed by atoms with Crippen molar-refractivity contribution in [3.63, 3.8) is 0 Å². The number of phenolic OH excluding ortho intramolecular Hbond substituents is 1. The number of rotatable bonds is 16. The first-order chi connectivity index (χ1) is 26.7. The van der Waals surface area contributed by atoms with Crippen LogP contribution in [0.25, 0.3) is 22.3 Å². The van der Waals surface area contributed by atoms with E-state index in [-0.39, 0.29) is 45.7 Å². The summed E-state index contributed by atoms with van der Waals surface area (Å²) >= 11 is 0. The zero-order valence-electron chi connectivity index (χ0n) is 30.6. The number of aromatic hydroxyl groups is 1. The lowest BCUT2D eigenvalue weighted by Gasteiger charge is -2.20. The topological polar surface area (TPSA) is 84.9 Å². The van der Waals surface area contributed by atoms with Crippen molar-refractivity contribution >= 4 is 11.9 Å². The van der Waals surface area contributed by atoms with Gasteiger partial charge in [0.25, 0.3) is 5.91 Å². The van der Waals surface area contributed by atoms with Gasteiger partial charge < -0.3 is 19.9 Å². The zero-order chi connectivity index (χ0) is 40.3. The third kappa shape index (κ3) is 11.1. The molecule has 0 aliphatic rings. The highest BCUT2D eigenvalue weighted by Crippen LogP contribution is 2.44. The molecule has 0 saturated carbocycles. The van der Waals surface area contributed by atoms with Crippen LogP contribution in [0.5, 0.6) is 11.5 Å². The lowest BCUT2D eigenvalue weighted by atomic mass is 9.92. The molecule has 0 radical (unpaired) electrons. The summed E-state index contributed by atoms with van der Waals surface area (Å²) in [5, 5.41) is 13.3. The van der Waals surface area contributed by atoms with Crippen LogP contribution in [0.1, 0.15) is 81.5 Å². The van der Waals surface area contributed by atoms with Gasteiger partial charge in [-0.15, -0.1) is 0 Å². The van der Waals surface area contributed by atoms with E-state index in [4.69, 9.17) is 4.74 Å². The number of carbonyl (C=O) groups excluding carboxylic acids is 2. The third-order valence-corrected chi connectivity index (χ3v) is 9.22. The van der Waals surface area contributed by atoms with E-state index in [9.17, 15) is 41.0 Å². The molecule has 5 aromatic carbocycles. The highest BCUT2D eigenvalue weighted by Gasteiger charge is 2.32. The summed E-state index contributed by atoms with van der Waals surface area (Å²) in [5.74, 6) is -1.89. The van der Waals surface area contributed by atoms with Gasteiger partial charge in [-0.25, -0.2) is 4.79 Å². The number of unbranched alkanes of at least 4 members (excludes halogenated alkanes) is 5. The van der Waals surface area contributed by atoms with Crippen molar-refractivity contribution in [1.82, 2.24) is 5.32 Å². The minimum Gasteiger partial charge on any atom is -0.507 e. The van der Waals surface area contributed by atoms with Gasteiger partial charge in [0.05, 0.1) is 18.2 Å². The number of amides is 1. The second kappa shape index (κ2) is 18.7. The normalized spacial score (nSPS) is 11.6. The fraction of sp³-hybridized carbons (Fsp3) is 0.273. The largest absolute Gasteiger partial charge is 0.507 e. The molecule has 0 saturated heterocycles. The Labute approximate surface area is 321 Å². The molecule has 0 aliphatic heterocycles. The van der Waals surface area contributed by atoms with Crippen molar-refractivity contribution in [3.8, 4) is 33.8 Å². The van der Waals surface area contributed by atoms with E-state index in [1.54, 1.807) is 0 Å².